The van der Waals surface area contributed by atoms with E-state index in [-0.39, 0.29) is 0 Å². The number of aliphatic hydroxyl groups is 1. The highest BCUT2D eigenvalue weighted by Crippen LogP contribution is 2.25. The van der Waals surface area contributed by atoms with E-state index in [0.717, 1.165) is 12.6 Å². The van der Waals surface area contributed by atoms with Gasteiger partial charge in [0.1, 0.15) is 0 Å². The van der Waals surface area contributed by atoms with Crippen molar-refractivity contribution >= 4 is 0 Å². The van der Waals surface area contributed by atoms with Crippen molar-refractivity contribution in [2.24, 2.45) is 0 Å². The number of hydrogen-bond donors (Lipinski definition) is 1. The van der Waals surface area contributed by atoms with Crippen LogP contribution in [-0.4, -0.2) is 35.2 Å². The molecular formula is C9H19NO. The van der Waals surface area contributed by atoms with Crippen molar-refractivity contribution in [1.29, 1.82) is 0 Å². The normalized spacial score (nSPS) is 19.4. The minimum atomic E-state index is 0.300. The fraction of sp³-hybridized carbons (Fsp3) is 1.00. The van der Waals surface area contributed by atoms with Gasteiger partial charge in [-0.2, -0.15) is 0 Å². The van der Waals surface area contributed by atoms with Crippen LogP contribution in [0, 0.1) is 0 Å². The molecule has 0 spiro atoms. The first-order chi connectivity index (χ1) is 5.25. The van der Waals surface area contributed by atoms with E-state index < -0.39 is 0 Å². The van der Waals surface area contributed by atoms with Gasteiger partial charge in [0.05, 0.1) is 6.61 Å². The van der Waals surface area contributed by atoms with Crippen molar-refractivity contribution in [3.63, 3.8) is 0 Å². The first kappa shape index (κ1) is 9.01. The van der Waals surface area contributed by atoms with Crippen LogP contribution in [0.25, 0.3) is 0 Å². The molecule has 1 N–H and O–H groups in total. The van der Waals surface area contributed by atoms with Crippen LogP contribution in [0.4, 0.5) is 0 Å². The molecule has 0 heterocycles. The molecule has 1 fully saturated rings. The third-order valence-corrected chi connectivity index (χ3v) is 2.57. The molecule has 0 amide bonds. The van der Waals surface area contributed by atoms with Crippen LogP contribution in [0.15, 0.2) is 0 Å². The van der Waals surface area contributed by atoms with Crippen LogP contribution < -0.4 is 0 Å². The molecule has 0 unspecified atom stereocenters. The Morgan fingerprint density at radius 2 is 2.09 bits per heavy atom. The molecule has 1 rings (SSSR count). The van der Waals surface area contributed by atoms with Gasteiger partial charge < -0.3 is 5.11 Å². The molecule has 2 heteroatoms. The number of hydrogen-bond acceptors (Lipinski definition) is 2. The van der Waals surface area contributed by atoms with E-state index in [1.807, 2.05) is 0 Å². The number of rotatable bonds is 4. The van der Waals surface area contributed by atoms with Gasteiger partial charge in [0.15, 0.2) is 0 Å². The Labute approximate surface area is 69.2 Å². The van der Waals surface area contributed by atoms with Crippen molar-refractivity contribution in [1.82, 2.24) is 4.90 Å². The van der Waals surface area contributed by atoms with Gasteiger partial charge in [-0.15, -0.1) is 0 Å². The first-order valence-electron chi connectivity index (χ1n) is 4.62. The standard InChI is InChI=1S/C9H19NO/c1-8(2)10(6-7-11)9-4-3-5-9/h8-9,11H,3-7H2,1-2H3. The fourth-order valence-electron chi connectivity index (χ4n) is 1.70. The maximum absolute atomic E-state index is 8.81. The van der Waals surface area contributed by atoms with Gasteiger partial charge in [0.2, 0.25) is 0 Å². The third kappa shape index (κ3) is 2.17. The summed E-state index contributed by atoms with van der Waals surface area (Å²) in [6.45, 7) is 5.55. The summed E-state index contributed by atoms with van der Waals surface area (Å²) < 4.78 is 0. The molecule has 0 aromatic carbocycles. The van der Waals surface area contributed by atoms with Crippen LogP contribution in [0.2, 0.25) is 0 Å². The second kappa shape index (κ2) is 4.07. The van der Waals surface area contributed by atoms with Gasteiger partial charge in [-0.25, -0.2) is 0 Å². The largest absolute Gasteiger partial charge is 0.395 e. The van der Waals surface area contributed by atoms with E-state index in [4.69, 9.17) is 5.11 Å². The summed E-state index contributed by atoms with van der Waals surface area (Å²) in [6.07, 6.45) is 4.04. The summed E-state index contributed by atoms with van der Waals surface area (Å²) in [5.41, 5.74) is 0. The number of aliphatic hydroxyl groups excluding tert-OH is 1. The smallest absolute Gasteiger partial charge is 0.0558 e. The SMILES string of the molecule is CC(C)N(CCO)C1CCC1. The lowest BCUT2D eigenvalue weighted by Crippen LogP contribution is -2.45. The average molecular weight is 157 g/mol. The predicted octanol–water partition coefficient (Wildman–Crippen LogP) is 1.24. The van der Waals surface area contributed by atoms with Crippen molar-refractivity contribution in [2.45, 2.75) is 45.2 Å². The molecule has 0 radical (unpaired) electrons. The van der Waals surface area contributed by atoms with Gasteiger partial charge >= 0.3 is 0 Å². The van der Waals surface area contributed by atoms with E-state index in [2.05, 4.69) is 18.7 Å². The van der Waals surface area contributed by atoms with E-state index in [1.54, 1.807) is 0 Å². The maximum Gasteiger partial charge on any atom is 0.0558 e. The second-order valence-electron chi connectivity index (χ2n) is 3.64. The van der Waals surface area contributed by atoms with Gasteiger partial charge in [-0.3, -0.25) is 4.90 Å². The maximum atomic E-state index is 8.81. The molecule has 0 bridgehead atoms. The lowest BCUT2D eigenvalue weighted by Gasteiger charge is -2.39. The summed E-state index contributed by atoms with van der Waals surface area (Å²) in [5.74, 6) is 0. The highest BCUT2D eigenvalue weighted by molar-refractivity contribution is 4.81. The third-order valence-electron chi connectivity index (χ3n) is 2.57. The fourth-order valence-corrected chi connectivity index (χ4v) is 1.70. The molecule has 66 valence electrons. The Kier molecular flexibility index (Phi) is 3.34. The predicted molar refractivity (Wildman–Crippen MR) is 46.6 cm³/mol. The van der Waals surface area contributed by atoms with Crippen LogP contribution >= 0.6 is 0 Å². The Morgan fingerprint density at radius 3 is 2.36 bits per heavy atom. The lowest BCUT2D eigenvalue weighted by molar-refractivity contribution is 0.0734. The van der Waals surface area contributed by atoms with Crippen molar-refractivity contribution in [3.8, 4) is 0 Å². The molecule has 2 nitrogen and oxygen atoms in total. The Balaban J connectivity index is 2.31. The zero-order valence-electron chi connectivity index (χ0n) is 7.58. The molecule has 1 aliphatic carbocycles. The minimum absolute atomic E-state index is 0.300. The lowest BCUT2D eigenvalue weighted by atomic mass is 9.90. The van der Waals surface area contributed by atoms with E-state index in [9.17, 15) is 0 Å². The second-order valence-corrected chi connectivity index (χ2v) is 3.64. The molecule has 1 aliphatic rings. The summed E-state index contributed by atoms with van der Waals surface area (Å²) in [7, 11) is 0. The van der Waals surface area contributed by atoms with Gasteiger partial charge in [0, 0.05) is 18.6 Å². The van der Waals surface area contributed by atoms with Crippen LogP contribution in [0.1, 0.15) is 33.1 Å². The van der Waals surface area contributed by atoms with Crippen LogP contribution in [-0.2, 0) is 0 Å². The molecule has 1 saturated carbocycles. The molecule has 0 atom stereocenters. The van der Waals surface area contributed by atoms with E-state index in [1.165, 1.54) is 19.3 Å². The Morgan fingerprint density at radius 1 is 1.45 bits per heavy atom. The van der Waals surface area contributed by atoms with Crippen LogP contribution in [0.3, 0.4) is 0 Å². The summed E-state index contributed by atoms with van der Waals surface area (Å²) in [4.78, 5) is 2.41. The van der Waals surface area contributed by atoms with Crippen molar-refractivity contribution in [2.75, 3.05) is 13.2 Å². The molecule has 11 heavy (non-hydrogen) atoms. The van der Waals surface area contributed by atoms with Crippen molar-refractivity contribution < 1.29 is 5.11 Å². The first-order valence-corrected chi connectivity index (χ1v) is 4.62. The minimum Gasteiger partial charge on any atom is -0.395 e. The molecule has 0 saturated heterocycles. The van der Waals surface area contributed by atoms with E-state index >= 15 is 0 Å². The number of nitrogens with zero attached hydrogens (tertiary/aromatic N) is 1. The highest BCUT2D eigenvalue weighted by Gasteiger charge is 2.25. The zero-order chi connectivity index (χ0) is 8.27. The molecule has 0 aromatic heterocycles. The van der Waals surface area contributed by atoms with Gasteiger partial charge in [0.25, 0.3) is 0 Å². The molecule has 0 aliphatic heterocycles. The summed E-state index contributed by atoms with van der Waals surface area (Å²) >= 11 is 0. The summed E-state index contributed by atoms with van der Waals surface area (Å²) in [6, 6.07) is 1.36. The molecular weight excluding hydrogens is 138 g/mol. The summed E-state index contributed by atoms with van der Waals surface area (Å²) in [5, 5.41) is 8.81. The zero-order valence-corrected chi connectivity index (χ0v) is 7.58. The monoisotopic (exact) mass is 157 g/mol. The Hall–Kier alpha value is -0.0800. The topological polar surface area (TPSA) is 23.5 Å². The quantitative estimate of drug-likeness (QED) is 0.663. The highest BCUT2D eigenvalue weighted by atomic mass is 16.3. The van der Waals surface area contributed by atoms with Crippen molar-refractivity contribution in [3.05, 3.63) is 0 Å². The van der Waals surface area contributed by atoms with Gasteiger partial charge in [-0.1, -0.05) is 6.42 Å². The van der Waals surface area contributed by atoms with Gasteiger partial charge in [-0.05, 0) is 26.7 Å². The average Bonchev–Trinajstić information content (AvgIpc) is 1.82. The molecule has 0 aromatic rings. The Bertz CT molecular complexity index is 110. The van der Waals surface area contributed by atoms with Crippen LogP contribution in [0.5, 0.6) is 0 Å². The van der Waals surface area contributed by atoms with E-state index in [0.29, 0.717) is 12.6 Å².